The molecule has 98 valence electrons. The standard InChI is InChI=1S/C15H20ClNO/c16-14-6-13(12-2-1-5-17-9-12)7-15(8-14)18-10-11-3-4-11/h6-8,11-12,17H,1-5,9-10H2. The third-order valence-corrected chi connectivity index (χ3v) is 4.06. The summed E-state index contributed by atoms with van der Waals surface area (Å²) in [6.45, 7) is 3.05. The molecule has 1 heterocycles. The van der Waals surface area contributed by atoms with Crippen LogP contribution in [0.15, 0.2) is 18.2 Å². The predicted octanol–water partition coefficient (Wildman–Crippen LogP) is 3.60. The van der Waals surface area contributed by atoms with Gasteiger partial charge in [-0.25, -0.2) is 0 Å². The molecule has 2 nitrogen and oxygen atoms in total. The molecule has 0 aromatic heterocycles. The molecule has 1 saturated carbocycles. The smallest absolute Gasteiger partial charge is 0.121 e. The fraction of sp³-hybridized carbons (Fsp3) is 0.600. The van der Waals surface area contributed by atoms with Crippen molar-refractivity contribution in [2.45, 2.75) is 31.6 Å². The van der Waals surface area contributed by atoms with E-state index >= 15 is 0 Å². The molecule has 2 fully saturated rings. The summed E-state index contributed by atoms with van der Waals surface area (Å²) in [5.41, 5.74) is 1.32. The number of piperidine rings is 1. The van der Waals surface area contributed by atoms with Gasteiger partial charge >= 0.3 is 0 Å². The van der Waals surface area contributed by atoms with E-state index in [4.69, 9.17) is 16.3 Å². The summed E-state index contributed by atoms with van der Waals surface area (Å²) in [6, 6.07) is 6.19. The Morgan fingerprint density at radius 3 is 2.83 bits per heavy atom. The zero-order valence-corrected chi connectivity index (χ0v) is 11.4. The first kappa shape index (κ1) is 12.3. The second-order valence-corrected chi connectivity index (χ2v) is 5.95. The van der Waals surface area contributed by atoms with E-state index in [9.17, 15) is 0 Å². The summed E-state index contributed by atoms with van der Waals surface area (Å²) in [5, 5.41) is 4.24. The summed E-state index contributed by atoms with van der Waals surface area (Å²) in [5.74, 6) is 2.31. The van der Waals surface area contributed by atoms with Crippen LogP contribution in [-0.2, 0) is 0 Å². The van der Waals surface area contributed by atoms with Crippen LogP contribution in [0.1, 0.15) is 37.2 Å². The van der Waals surface area contributed by atoms with Crippen LogP contribution < -0.4 is 10.1 Å². The van der Waals surface area contributed by atoms with Crippen molar-refractivity contribution >= 4 is 11.6 Å². The zero-order valence-electron chi connectivity index (χ0n) is 10.6. The van der Waals surface area contributed by atoms with Crippen LogP contribution >= 0.6 is 11.6 Å². The van der Waals surface area contributed by atoms with Crippen molar-refractivity contribution in [3.63, 3.8) is 0 Å². The minimum Gasteiger partial charge on any atom is -0.493 e. The van der Waals surface area contributed by atoms with Gasteiger partial charge in [-0.15, -0.1) is 0 Å². The van der Waals surface area contributed by atoms with Crippen molar-refractivity contribution in [1.29, 1.82) is 0 Å². The Kier molecular flexibility index (Phi) is 3.76. The molecular weight excluding hydrogens is 246 g/mol. The first-order valence-corrected chi connectivity index (χ1v) is 7.33. The van der Waals surface area contributed by atoms with Gasteiger partial charge in [0.25, 0.3) is 0 Å². The highest BCUT2D eigenvalue weighted by Gasteiger charge is 2.22. The molecule has 3 rings (SSSR count). The first-order valence-electron chi connectivity index (χ1n) is 6.95. The van der Waals surface area contributed by atoms with E-state index in [1.165, 1.54) is 31.2 Å². The van der Waals surface area contributed by atoms with E-state index in [2.05, 4.69) is 17.4 Å². The van der Waals surface area contributed by atoms with Gasteiger partial charge < -0.3 is 10.1 Å². The summed E-state index contributed by atoms with van der Waals surface area (Å²) in [6.07, 6.45) is 5.13. The summed E-state index contributed by atoms with van der Waals surface area (Å²) in [4.78, 5) is 0. The average Bonchev–Trinajstić information content (AvgIpc) is 3.21. The fourth-order valence-corrected chi connectivity index (χ4v) is 2.77. The second-order valence-electron chi connectivity index (χ2n) is 5.52. The Balaban J connectivity index is 1.71. The van der Waals surface area contributed by atoms with E-state index in [-0.39, 0.29) is 0 Å². The molecule has 1 unspecified atom stereocenters. The molecule has 2 aliphatic rings. The van der Waals surface area contributed by atoms with Crippen LogP contribution in [-0.4, -0.2) is 19.7 Å². The second kappa shape index (κ2) is 5.50. The lowest BCUT2D eigenvalue weighted by molar-refractivity contribution is 0.299. The Bertz CT molecular complexity index is 411. The van der Waals surface area contributed by atoms with E-state index < -0.39 is 0 Å². The Hall–Kier alpha value is -0.730. The lowest BCUT2D eigenvalue weighted by Gasteiger charge is -2.23. The lowest BCUT2D eigenvalue weighted by atomic mass is 9.91. The van der Waals surface area contributed by atoms with Gasteiger partial charge in [0.1, 0.15) is 5.75 Å². The van der Waals surface area contributed by atoms with Crippen LogP contribution in [0.4, 0.5) is 0 Å². The minimum atomic E-state index is 0.584. The zero-order chi connectivity index (χ0) is 12.4. The molecule has 1 atom stereocenters. The Labute approximate surface area is 114 Å². The molecule has 1 saturated heterocycles. The van der Waals surface area contributed by atoms with Gasteiger partial charge in [0, 0.05) is 11.6 Å². The molecule has 18 heavy (non-hydrogen) atoms. The Morgan fingerprint density at radius 1 is 1.22 bits per heavy atom. The van der Waals surface area contributed by atoms with Crippen LogP contribution in [0.25, 0.3) is 0 Å². The molecule has 0 radical (unpaired) electrons. The van der Waals surface area contributed by atoms with Crippen molar-refractivity contribution in [1.82, 2.24) is 5.32 Å². The summed E-state index contributed by atoms with van der Waals surface area (Å²) < 4.78 is 5.84. The first-order chi connectivity index (χ1) is 8.81. The van der Waals surface area contributed by atoms with Crippen molar-refractivity contribution in [3.05, 3.63) is 28.8 Å². The molecule has 1 aromatic rings. The number of benzene rings is 1. The van der Waals surface area contributed by atoms with Crippen LogP contribution in [0.2, 0.25) is 5.02 Å². The quantitative estimate of drug-likeness (QED) is 0.898. The van der Waals surface area contributed by atoms with E-state index in [0.717, 1.165) is 36.4 Å². The van der Waals surface area contributed by atoms with Crippen LogP contribution in [0, 0.1) is 5.92 Å². The number of hydrogen-bond donors (Lipinski definition) is 1. The van der Waals surface area contributed by atoms with Gasteiger partial charge in [0.05, 0.1) is 6.61 Å². The van der Waals surface area contributed by atoms with Crippen molar-refractivity contribution < 1.29 is 4.74 Å². The molecule has 1 aliphatic heterocycles. The SMILES string of the molecule is Clc1cc(OCC2CC2)cc(C2CCCNC2)c1. The van der Waals surface area contributed by atoms with E-state index in [0.29, 0.717) is 5.92 Å². The number of ether oxygens (including phenoxy) is 1. The maximum absolute atomic E-state index is 6.20. The number of hydrogen-bond acceptors (Lipinski definition) is 2. The van der Waals surface area contributed by atoms with Gasteiger partial charge in [0.15, 0.2) is 0 Å². The van der Waals surface area contributed by atoms with Crippen molar-refractivity contribution in [2.75, 3.05) is 19.7 Å². The predicted molar refractivity (Wildman–Crippen MR) is 74.5 cm³/mol. The summed E-state index contributed by atoms with van der Waals surface area (Å²) >= 11 is 6.20. The largest absolute Gasteiger partial charge is 0.493 e. The summed E-state index contributed by atoms with van der Waals surface area (Å²) in [7, 11) is 0. The lowest BCUT2D eigenvalue weighted by Crippen LogP contribution is -2.28. The topological polar surface area (TPSA) is 21.3 Å². The van der Waals surface area contributed by atoms with Crippen molar-refractivity contribution in [2.24, 2.45) is 5.92 Å². The van der Waals surface area contributed by atoms with Gasteiger partial charge in [-0.1, -0.05) is 11.6 Å². The third kappa shape index (κ3) is 3.18. The highest BCUT2D eigenvalue weighted by atomic mass is 35.5. The molecule has 1 aromatic carbocycles. The number of rotatable bonds is 4. The third-order valence-electron chi connectivity index (χ3n) is 3.84. The molecule has 1 N–H and O–H groups in total. The Morgan fingerprint density at radius 2 is 2.11 bits per heavy atom. The number of halogens is 1. The van der Waals surface area contributed by atoms with Crippen molar-refractivity contribution in [3.8, 4) is 5.75 Å². The maximum Gasteiger partial charge on any atom is 0.121 e. The van der Waals surface area contributed by atoms with Gasteiger partial charge in [0.2, 0.25) is 0 Å². The molecular formula is C15H20ClNO. The molecule has 0 spiro atoms. The van der Waals surface area contributed by atoms with Gasteiger partial charge in [-0.3, -0.25) is 0 Å². The molecule has 0 amide bonds. The fourth-order valence-electron chi connectivity index (χ4n) is 2.54. The highest BCUT2D eigenvalue weighted by Crippen LogP contribution is 2.32. The van der Waals surface area contributed by atoms with Gasteiger partial charge in [-0.05, 0) is 67.8 Å². The highest BCUT2D eigenvalue weighted by molar-refractivity contribution is 6.30. The maximum atomic E-state index is 6.20. The molecule has 3 heteroatoms. The minimum absolute atomic E-state index is 0.584. The van der Waals surface area contributed by atoms with E-state index in [1.807, 2.05) is 6.07 Å². The average molecular weight is 266 g/mol. The number of nitrogens with one attached hydrogen (secondary N) is 1. The van der Waals surface area contributed by atoms with Gasteiger partial charge in [-0.2, -0.15) is 0 Å². The van der Waals surface area contributed by atoms with E-state index in [1.54, 1.807) is 0 Å². The normalized spacial score (nSPS) is 23.9. The molecule has 1 aliphatic carbocycles. The van der Waals surface area contributed by atoms with Crippen LogP contribution in [0.3, 0.4) is 0 Å². The van der Waals surface area contributed by atoms with Crippen LogP contribution in [0.5, 0.6) is 5.75 Å². The monoisotopic (exact) mass is 265 g/mol. The molecule has 0 bridgehead atoms.